The summed E-state index contributed by atoms with van der Waals surface area (Å²) < 4.78 is 0. The second-order valence-electron chi connectivity index (χ2n) is 6.09. The van der Waals surface area contributed by atoms with Crippen LogP contribution < -0.4 is 10.8 Å². The van der Waals surface area contributed by atoms with Crippen LogP contribution in [-0.4, -0.2) is 53.1 Å². The Morgan fingerprint density at radius 3 is 1.93 bits per heavy atom. The number of aliphatic hydroxyl groups excluding tert-OH is 1. The van der Waals surface area contributed by atoms with Crippen LogP contribution in [0.4, 0.5) is 0 Å². The minimum absolute atomic E-state index is 0.0294. The van der Waals surface area contributed by atoms with E-state index in [0.717, 1.165) is 16.0 Å². The first kappa shape index (κ1) is 21.6. The van der Waals surface area contributed by atoms with Gasteiger partial charge >= 0.3 is 0 Å². The molecule has 0 aliphatic carbocycles. The molecule has 8 nitrogen and oxygen atoms in total. The lowest BCUT2D eigenvalue weighted by atomic mass is 10.1. The first-order valence-electron chi connectivity index (χ1n) is 8.65. The Hall–Kier alpha value is -3.67. The number of benzene rings is 2. The molecule has 2 aromatic rings. The number of amides is 3. The van der Waals surface area contributed by atoms with Crippen molar-refractivity contribution in [1.29, 1.82) is 0 Å². The Balaban J connectivity index is 2.16. The number of nitrogens with zero attached hydrogens (tertiary/aromatic N) is 1. The molecule has 3 amide bonds. The molecule has 150 valence electrons. The van der Waals surface area contributed by atoms with E-state index in [1.54, 1.807) is 36.4 Å². The quantitative estimate of drug-likeness (QED) is 0.251. The maximum atomic E-state index is 12.6. The summed E-state index contributed by atoms with van der Waals surface area (Å²) in [7, 11) is 2.62. The van der Waals surface area contributed by atoms with Crippen LogP contribution in [0.25, 0.3) is 0 Å². The molecule has 2 aromatic carbocycles. The second-order valence-corrected chi connectivity index (χ2v) is 6.09. The topological polar surface area (TPSA) is 119 Å². The van der Waals surface area contributed by atoms with Gasteiger partial charge in [0.1, 0.15) is 0 Å². The number of likely N-dealkylation sites (N-methyl/N-ethyl adjacent to an activating group) is 2. The molecule has 0 spiro atoms. The molecule has 8 heteroatoms. The molecule has 0 bridgehead atoms. The average molecular weight is 395 g/mol. The molecule has 0 saturated carbocycles. The van der Waals surface area contributed by atoms with Gasteiger partial charge in [0.2, 0.25) is 0 Å². The highest BCUT2D eigenvalue weighted by Crippen LogP contribution is 2.10. The van der Waals surface area contributed by atoms with Crippen molar-refractivity contribution in [2.75, 3.05) is 14.1 Å². The number of carbonyl (C=O) groups is 3. The largest absolute Gasteiger partial charge is 0.392 e. The maximum Gasteiger partial charge on any atom is 0.275 e. The van der Waals surface area contributed by atoms with Crippen molar-refractivity contribution in [3.63, 3.8) is 0 Å². The number of carbonyl (C=O) groups excluding carboxylic acids is 3. The molecule has 1 atom stereocenters. The molecular formula is C21H21N3O5. The van der Waals surface area contributed by atoms with Gasteiger partial charge in [0.05, 0.1) is 6.61 Å². The van der Waals surface area contributed by atoms with Crippen molar-refractivity contribution in [2.24, 2.45) is 0 Å². The molecular weight excluding hydrogens is 374 g/mol. The van der Waals surface area contributed by atoms with Crippen molar-refractivity contribution in [2.45, 2.75) is 12.6 Å². The van der Waals surface area contributed by atoms with Crippen LogP contribution in [-0.2, 0) is 16.2 Å². The second kappa shape index (κ2) is 10.0. The summed E-state index contributed by atoms with van der Waals surface area (Å²) in [5, 5.41) is 20.1. The Labute approximate surface area is 168 Å². The molecule has 0 fully saturated rings. The highest BCUT2D eigenvalue weighted by atomic mass is 16.5. The van der Waals surface area contributed by atoms with Gasteiger partial charge in [-0.15, -0.1) is 0 Å². The van der Waals surface area contributed by atoms with E-state index in [9.17, 15) is 14.4 Å². The van der Waals surface area contributed by atoms with Crippen LogP contribution in [0.2, 0.25) is 0 Å². The third-order valence-corrected chi connectivity index (χ3v) is 4.18. The zero-order valence-electron chi connectivity index (χ0n) is 16.0. The number of rotatable bonds is 5. The van der Waals surface area contributed by atoms with E-state index < -0.39 is 23.8 Å². The number of hydrogen-bond donors (Lipinski definition) is 4. The van der Waals surface area contributed by atoms with Crippen molar-refractivity contribution in [3.05, 3.63) is 70.8 Å². The lowest BCUT2D eigenvalue weighted by Crippen LogP contribution is -2.54. The number of hydrogen-bond acceptors (Lipinski definition) is 5. The Kier molecular flexibility index (Phi) is 7.48. The monoisotopic (exact) mass is 395 g/mol. The smallest absolute Gasteiger partial charge is 0.275 e. The molecule has 0 aliphatic heterocycles. The fourth-order valence-electron chi connectivity index (χ4n) is 2.52. The normalized spacial score (nSPS) is 10.9. The summed E-state index contributed by atoms with van der Waals surface area (Å²) in [6.45, 7) is -0.0294. The third-order valence-electron chi connectivity index (χ3n) is 4.18. The Morgan fingerprint density at radius 1 is 0.966 bits per heavy atom. The summed E-state index contributed by atoms with van der Waals surface area (Å²) in [6, 6.07) is 12.0. The minimum Gasteiger partial charge on any atom is -0.392 e. The van der Waals surface area contributed by atoms with Crippen LogP contribution in [0.1, 0.15) is 27.0 Å². The van der Waals surface area contributed by atoms with E-state index in [4.69, 9.17) is 10.3 Å². The lowest BCUT2D eigenvalue weighted by Gasteiger charge is -2.25. The van der Waals surface area contributed by atoms with E-state index in [1.807, 2.05) is 0 Å². The van der Waals surface area contributed by atoms with E-state index in [2.05, 4.69) is 17.2 Å². The molecule has 0 aromatic heterocycles. The van der Waals surface area contributed by atoms with Gasteiger partial charge in [-0.1, -0.05) is 24.0 Å². The van der Waals surface area contributed by atoms with E-state index in [1.165, 1.54) is 31.7 Å². The third kappa shape index (κ3) is 5.42. The van der Waals surface area contributed by atoms with Crippen LogP contribution >= 0.6 is 0 Å². The van der Waals surface area contributed by atoms with Gasteiger partial charge in [-0.2, -0.15) is 0 Å². The Bertz CT molecular complexity index is 927. The van der Waals surface area contributed by atoms with Crippen LogP contribution in [0.5, 0.6) is 0 Å². The van der Waals surface area contributed by atoms with Crippen molar-refractivity contribution in [3.8, 4) is 11.8 Å². The molecule has 2 rings (SSSR count). The predicted molar refractivity (Wildman–Crippen MR) is 105 cm³/mol. The minimum atomic E-state index is -1.51. The zero-order chi connectivity index (χ0) is 21.4. The van der Waals surface area contributed by atoms with Crippen molar-refractivity contribution in [1.82, 2.24) is 15.7 Å². The van der Waals surface area contributed by atoms with Gasteiger partial charge in [0, 0.05) is 30.8 Å². The molecule has 1 unspecified atom stereocenters. The van der Waals surface area contributed by atoms with Gasteiger partial charge in [-0.05, 0) is 42.0 Å². The maximum absolute atomic E-state index is 12.6. The summed E-state index contributed by atoms with van der Waals surface area (Å²) in [4.78, 5) is 37.2. The van der Waals surface area contributed by atoms with Gasteiger partial charge in [0.15, 0.2) is 6.04 Å². The van der Waals surface area contributed by atoms with Crippen molar-refractivity contribution >= 4 is 17.7 Å². The first-order valence-corrected chi connectivity index (χ1v) is 8.65. The summed E-state index contributed by atoms with van der Waals surface area (Å²) >= 11 is 0. The van der Waals surface area contributed by atoms with Gasteiger partial charge in [-0.3, -0.25) is 19.6 Å². The van der Waals surface area contributed by atoms with Gasteiger partial charge in [0.25, 0.3) is 17.7 Å². The van der Waals surface area contributed by atoms with E-state index >= 15 is 0 Å². The summed E-state index contributed by atoms with van der Waals surface area (Å²) in [6.07, 6.45) is 0. The van der Waals surface area contributed by atoms with Gasteiger partial charge < -0.3 is 15.3 Å². The van der Waals surface area contributed by atoms with Crippen LogP contribution in [0.3, 0.4) is 0 Å². The first-order chi connectivity index (χ1) is 13.9. The molecule has 0 radical (unpaired) electrons. The number of aliphatic hydroxyl groups is 1. The SMILES string of the molecule is CNC(=O)C(C(=O)NO)N(C)C(=O)c1ccc(C#Cc2ccc(CO)cc2)cc1. The lowest BCUT2D eigenvalue weighted by molar-refractivity contribution is -0.140. The highest BCUT2D eigenvalue weighted by molar-refractivity contribution is 6.08. The van der Waals surface area contributed by atoms with E-state index in [0.29, 0.717) is 5.56 Å². The number of hydroxylamine groups is 1. The molecule has 0 aliphatic rings. The van der Waals surface area contributed by atoms with Gasteiger partial charge in [-0.25, -0.2) is 5.48 Å². The standard InChI is InChI=1S/C21H21N3O5/c1-22-19(26)18(20(27)23-29)24(2)21(28)17-11-9-15(10-12-17)4-3-14-5-7-16(13-25)8-6-14/h5-12,18,25,29H,13H2,1-2H3,(H,22,26)(H,23,27). The Morgan fingerprint density at radius 2 is 1.48 bits per heavy atom. The molecule has 0 heterocycles. The molecule has 29 heavy (non-hydrogen) atoms. The fourth-order valence-corrected chi connectivity index (χ4v) is 2.52. The van der Waals surface area contributed by atoms with Crippen LogP contribution in [0, 0.1) is 11.8 Å². The summed E-state index contributed by atoms with van der Waals surface area (Å²) in [5.41, 5.74) is 3.90. The van der Waals surface area contributed by atoms with E-state index in [-0.39, 0.29) is 12.2 Å². The fraction of sp³-hybridized carbons (Fsp3) is 0.190. The summed E-state index contributed by atoms with van der Waals surface area (Å²) in [5.74, 6) is 3.64. The number of nitrogens with one attached hydrogen (secondary N) is 2. The molecule has 0 saturated heterocycles. The van der Waals surface area contributed by atoms with Crippen molar-refractivity contribution < 1.29 is 24.7 Å². The predicted octanol–water partition coefficient (Wildman–Crippen LogP) is 0.271. The molecule has 4 N–H and O–H groups in total. The zero-order valence-corrected chi connectivity index (χ0v) is 16.0. The highest BCUT2D eigenvalue weighted by Gasteiger charge is 2.33. The average Bonchev–Trinajstić information content (AvgIpc) is 2.77. The van der Waals surface area contributed by atoms with Crippen LogP contribution in [0.15, 0.2) is 48.5 Å².